The van der Waals surface area contributed by atoms with Crippen LogP contribution in [0, 0.1) is 0 Å². The van der Waals surface area contributed by atoms with Gasteiger partial charge < -0.3 is 15.3 Å². The molecule has 6 N–H and O–H groups in total. The number of rotatable bonds is 8. The number of nitrogens with zero attached hydrogens (tertiary/aromatic N) is 2. The van der Waals surface area contributed by atoms with E-state index in [2.05, 4.69) is 10.2 Å². The average Bonchev–Trinajstić information content (AvgIpc) is 2.76. The van der Waals surface area contributed by atoms with Crippen molar-refractivity contribution in [3.63, 3.8) is 0 Å². The number of azo groups is 1. The second-order valence-corrected chi connectivity index (χ2v) is 13.7. The summed E-state index contributed by atoms with van der Waals surface area (Å²) in [4.78, 5) is -4.14. The molecule has 0 bridgehead atoms. The molecule has 3 rings (SSSR count). The van der Waals surface area contributed by atoms with E-state index in [1.807, 2.05) is 0 Å². The summed E-state index contributed by atoms with van der Waals surface area (Å²) in [6.45, 7) is -0.738. The zero-order valence-corrected chi connectivity index (χ0v) is 21.6. The first-order valence-electron chi connectivity index (χ1n) is 9.62. The third-order valence-corrected chi connectivity index (χ3v) is 9.13. The first-order chi connectivity index (χ1) is 17.3. The Balaban J connectivity index is 2.41. The molecule has 0 amide bonds. The van der Waals surface area contributed by atoms with E-state index in [0.29, 0.717) is 12.1 Å². The minimum atomic E-state index is -5.35. The molecular weight excluding hydrogens is 596 g/mol. The fourth-order valence-electron chi connectivity index (χ4n) is 3.19. The average molecular weight is 613 g/mol. The van der Waals surface area contributed by atoms with Crippen molar-refractivity contribution in [2.24, 2.45) is 10.2 Å². The number of aromatic hydroxyl groups is 2. The number of sulfone groups is 1. The van der Waals surface area contributed by atoms with Gasteiger partial charge in [-0.1, -0.05) is 0 Å². The third kappa shape index (κ3) is 5.91. The number of hydrogen-bond donors (Lipinski definition) is 6. The van der Waals surface area contributed by atoms with Gasteiger partial charge in [0.05, 0.1) is 22.2 Å². The zero-order valence-electron chi connectivity index (χ0n) is 18.4. The van der Waals surface area contributed by atoms with E-state index in [0.717, 1.165) is 18.2 Å². The number of aliphatic hydroxyl groups excluding tert-OH is 1. The largest absolute Gasteiger partial charge is 0.506 e. The van der Waals surface area contributed by atoms with Gasteiger partial charge in [0.1, 0.15) is 26.9 Å². The minimum Gasteiger partial charge on any atom is -0.506 e. The third-order valence-electron chi connectivity index (χ3n) is 4.86. The Bertz CT molecular complexity index is 1930. The van der Waals surface area contributed by atoms with E-state index in [1.54, 1.807) is 0 Å². The number of phenolic OH excluding ortho intramolecular Hbond substituents is 2. The molecule has 3 aromatic rings. The first kappa shape index (κ1) is 29.3. The minimum absolute atomic E-state index is 0.252. The number of phenols is 2. The second kappa shape index (κ2) is 9.81. The molecule has 3 aromatic carbocycles. The Labute approximate surface area is 214 Å². The van der Waals surface area contributed by atoms with E-state index < -0.39 is 106 Å². The lowest BCUT2D eigenvalue weighted by Crippen LogP contribution is -2.09. The number of hydrogen-bond acceptors (Lipinski definition) is 13. The highest BCUT2D eigenvalue weighted by molar-refractivity contribution is 7.91. The predicted octanol–water partition coefficient (Wildman–Crippen LogP) is 1.17. The van der Waals surface area contributed by atoms with Crippen LogP contribution in [0.15, 0.2) is 66.2 Å². The summed E-state index contributed by atoms with van der Waals surface area (Å²) in [7, 11) is -19.8. The van der Waals surface area contributed by atoms with Crippen LogP contribution in [-0.2, 0) is 40.2 Å². The van der Waals surface area contributed by atoms with Gasteiger partial charge in [-0.2, -0.15) is 25.3 Å². The van der Waals surface area contributed by atoms with Gasteiger partial charge in [0.2, 0.25) is 0 Å². The van der Waals surface area contributed by atoms with Gasteiger partial charge in [0.25, 0.3) is 30.4 Å². The highest BCUT2D eigenvalue weighted by atomic mass is 32.2. The maximum atomic E-state index is 12.2. The quantitative estimate of drug-likeness (QED) is 0.154. The van der Waals surface area contributed by atoms with Gasteiger partial charge in [0.15, 0.2) is 15.6 Å². The van der Waals surface area contributed by atoms with Gasteiger partial charge in [-0.25, -0.2) is 8.42 Å². The smallest absolute Gasteiger partial charge is 0.296 e. The predicted molar refractivity (Wildman–Crippen MR) is 126 cm³/mol. The lowest BCUT2D eigenvalue weighted by atomic mass is 10.1. The molecule has 20 heteroatoms. The molecule has 0 fully saturated rings. The molecule has 0 saturated heterocycles. The molecule has 0 aliphatic heterocycles. The van der Waals surface area contributed by atoms with Crippen molar-refractivity contribution in [1.29, 1.82) is 0 Å². The molecule has 0 heterocycles. The molecule has 0 spiro atoms. The van der Waals surface area contributed by atoms with Crippen LogP contribution in [-0.4, -0.2) is 75.0 Å². The molecule has 0 unspecified atom stereocenters. The van der Waals surface area contributed by atoms with Crippen LogP contribution in [0.2, 0.25) is 0 Å². The fraction of sp³-hybridized carbons (Fsp3) is 0.111. The maximum absolute atomic E-state index is 12.2. The van der Waals surface area contributed by atoms with Crippen molar-refractivity contribution >= 4 is 62.3 Å². The van der Waals surface area contributed by atoms with Crippen molar-refractivity contribution in [2.45, 2.75) is 19.6 Å². The van der Waals surface area contributed by atoms with Crippen molar-refractivity contribution in [2.75, 3.05) is 12.4 Å². The van der Waals surface area contributed by atoms with E-state index in [4.69, 9.17) is 5.11 Å². The molecule has 0 radical (unpaired) electrons. The molecule has 16 nitrogen and oxygen atoms in total. The lowest BCUT2D eigenvalue weighted by molar-refractivity contribution is 0.319. The van der Waals surface area contributed by atoms with Crippen molar-refractivity contribution in [3.05, 3.63) is 36.4 Å². The van der Waals surface area contributed by atoms with Gasteiger partial charge in [0, 0.05) is 5.39 Å². The van der Waals surface area contributed by atoms with Crippen molar-refractivity contribution in [3.8, 4) is 11.5 Å². The van der Waals surface area contributed by atoms with Gasteiger partial charge in [-0.3, -0.25) is 13.7 Å². The van der Waals surface area contributed by atoms with Gasteiger partial charge >= 0.3 is 0 Å². The monoisotopic (exact) mass is 612 g/mol. The Morgan fingerprint density at radius 2 is 1.29 bits per heavy atom. The van der Waals surface area contributed by atoms with E-state index in [-0.39, 0.29) is 6.07 Å². The van der Waals surface area contributed by atoms with E-state index in [1.165, 1.54) is 0 Å². The van der Waals surface area contributed by atoms with Crippen LogP contribution in [0.25, 0.3) is 10.8 Å². The molecule has 0 atom stereocenters. The van der Waals surface area contributed by atoms with Crippen molar-refractivity contribution < 1.29 is 62.6 Å². The molecule has 206 valence electrons. The van der Waals surface area contributed by atoms with Gasteiger partial charge in [-0.15, -0.1) is 10.2 Å². The molecule has 38 heavy (non-hydrogen) atoms. The number of fused-ring (bicyclic) bond motifs is 1. The summed E-state index contributed by atoms with van der Waals surface area (Å²) >= 11 is 0. The molecule has 0 saturated carbocycles. The van der Waals surface area contributed by atoms with Crippen LogP contribution in [0.4, 0.5) is 11.4 Å². The Kier molecular flexibility index (Phi) is 7.57. The van der Waals surface area contributed by atoms with Crippen molar-refractivity contribution in [1.82, 2.24) is 0 Å². The maximum Gasteiger partial charge on any atom is 0.296 e. The summed E-state index contributed by atoms with van der Waals surface area (Å²) < 4.78 is 124. The highest BCUT2D eigenvalue weighted by Gasteiger charge is 2.28. The van der Waals surface area contributed by atoms with Gasteiger partial charge in [-0.05, 0) is 41.8 Å². The van der Waals surface area contributed by atoms with Crippen LogP contribution >= 0.6 is 0 Å². The van der Waals surface area contributed by atoms with E-state index in [9.17, 15) is 57.5 Å². The fourth-order valence-corrected chi connectivity index (χ4v) is 6.25. The van der Waals surface area contributed by atoms with Crippen LogP contribution in [0.3, 0.4) is 0 Å². The summed E-state index contributed by atoms with van der Waals surface area (Å²) in [5.74, 6) is -2.75. The first-order valence-corrected chi connectivity index (χ1v) is 15.6. The Morgan fingerprint density at radius 3 is 1.82 bits per heavy atom. The molecular formula is C18H16N2O14S4. The lowest BCUT2D eigenvalue weighted by Gasteiger charge is -2.12. The van der Waals surface area contributed by atoms with Crippen LogP contribution in [0.5, 0.6) is 11.5 Å². The SMILES string of the molecule is O=S(=O)(O)c1cc(S(=O)(=O)O)c2c(O)c(N=Nc3cc(S(=O)(=O)CCO)ccc3O)c(S(=O)(=O)O)cc2c1. The normalized spacial score (nSPS) is 13.4. The highest BCUT2D eigenvalue weighted by Crippen LogP contribution is 2.45. The van der Waals surface area contributed by atoms with Crippen LogP contribution in [0.1, 0.15) is 0 Å². The summed E-state index contributed by atoms with van der Waals surface area (Å²) in [5, 5.41) is 34.9. The number of benzene rings is 3. The second-order valence-electron chi connectivity index (χ2n) is 7.41. The standard InChI is InChI=1S/C18H16N2O14S4/c21-3-4-35(24,25)10-1-2-13(22)12(7-10)19-20-17-15(38(32,33)34)6-9-5-11(36(26,27)28)8-14(37(29,30)31)16(9)18(17)23/h1-2,5-8,21-23H,3-4H2,(H,26,27,28)(H,29,30,31)(H,32,33,34). The Hall–Kier alpha value is -3.24. The Morgan fingerprint density at radius 1 is 0.684 bits per heavy atom. The number of aliphatic hydroxyl groups is 1. The summed E-state index contributed by atoms with van der Waals surface area (Å²) in [6.07, 6.45) is 0. The molecule has 0 aliphatic carbocycles. The zero-order chi connectivity index (χ0) is 28.8. The summed E-state index contributed by atoms with van der Waals surface area (Å²) in [5.41, 5.74) is -1.77. The topological polar surface area (TPSA) is 283 Å². The summed E-state index contributed by atoms with van der Waals surface area (Å²) in [6, 6.07) is 3.83. The molecule has 0 aliphatic rings. The van der Waals surface area contributed by atoms with Crippen LogP contribution < -0.4 is 0 Å². The molecule has 0 aromatic heterocycles. The van der Waals surface area contributed by atoms with E-state index >= 15 is 0 Å².